The number of thiazole rings is 1. The number of nitrogens with zero attached hydrogens (tertiary/aromatic N) is 4. The number of hydrogen-bond acceptors (Lipinski definition) is 5. The SMILES string of the molecule is CC(C)(C)n1cc(C(=O)Nc2ncc(Cc3ccc(C#N)cc3)s2)cn1. The number of carbonyl (C=O) groups is 1. The van der Waals surface area contributed by atoms with Crippen LogP contribution in [0.2, 0.25) is 0 Å². The maximum absolute atomic E-state index is 12.4. The van der Waals surface area contributed by atoms with Crippen LogP contribution in [0.25, 0.3) is 0 Å². The number of nitriles is 1. The van der Waals surface area contributed by atoms with E-state index in [9.17, 15) is 4.79 Å². The highest BCUT2D eigenvalue weighted by atomic mass is 32.1. The lowest BCUT2D eigenvalue weighted by atomic mass is 10.1. The fraction of sp³-hybridized carbons (Fsp3) is 0.263. The Labute approximate surface area is 156 Å². The van der Waals surface area contributed by atoms with Crippen LogP contribution < -0.4 is 5.32 Å². The first-order valence-corrected chi connectivity index (χ1v) is 8.97. The maximum Gasteiger partial charge on any atom is 0.260 e. The summed E-state index contributed by atoms with van der Waals surface area (Å²) < 4.78 is 1.76. The average Bonchev–Trinajstić information content (AvgIpc) is 3.25. The van der Waals surface area contributed by atoms with E-state index >= 15 is 0 Å². The van der Waals surface area contributed by atoms with Crippen molar-refractivity contribution >= 4 is 22.4 Å². The molecular weight excluding hydrogens is 346 g/mol. The van der Waals surface area contributed by atoms with Crippen LogP contribution in [-0.4, -0.2) is 20.7 Å². The molecule has 0 radical (unpaired) electrons. The summed E-state index contributed by atoms with van der Waals surface area (Å²) in [6.07, 6.45) is 5.77. The lowest BCUT2D eigenvalue weighted by Crippen LogP contribution is -2.22. The number of rotatable bonds is 4. The van der Waals surface area contributed by atoms with Crippen molar-refractivity contribution in [3.63, 3.8) is 0 Å². The van der Waals surface area contributed by atoms with Gasteiger partial charge in [0, 0.05) is 23.7 Å². The van der Waals surface area contributed by atoms with Gasteiger partial charge >= 0.3 is 0 Å². The first-order valence-electron chi connectivity index (χ1n) is 8.15. The molecule has 0 atom stereocenters. The Morgan fingerprint density at radius 2 is 2.00 bits per heavy atom. The van der Waals surface area contributed by atoms with Gasteiger partial charge in [-0.25, -0.2) is 4.98 Å². The van der Waals surface area contributed by atoms with Gasteiger partial charge in [-0.3, -0.25) is 14.8 Å². The predicted octanol–water partition coefficient (Wildman–Crippen LogP) is 3.81. The summed E-state index contributed by atoms with van der Waals surface area (Å²) in [6.45, 7) is 6.08. The molecule has 0 fully saturated rings. The molecule has 1 amide bonds. The molecule has 3 aromatic rings. The molecule has 7 heteroatoms. The third kappa shape index (κ3) is 4.16. The van der Waals surface area contributed by atoms with Gasteiger partial charge in [-0.1, -0.05) is 12.1 Å². The van der Waals surface area contributed by atoms with Crippen molar-refractivity contribution in [1.29, 1.82) is 5.26 Å². The number of amides is 1. The number of anilines is 1. The summed E-state index contributed by atoms with van der Waals surface area (Å²) in [6, 6.07) is 9.56. The highest BCUT2D eigenvalue weighted by Gasteiger charge is 2.17. The fourth-order valence-electron chi connectivity index (χ4n) is 2.32. The number of hydrogen-bond donors (Lipinski definition) is 1. The van der Waals surface area contributed by atoms with Crippen LogP contribution in [0.1, 0.15) is 47.1 Å². The zero-order valence-corrected chi connectivity index (χ0v) is 15.7. The largest absolute Gasteiger partial charge is 0.298 e. The Hall–Kier alpha value is -2.98. The van der Waals surface area contributed by atoms with E-state index in [1.807, 2.05) is 32.9 Å². The first-order chi connectivity index (χ1) is 12.3. The van der Waals surface area contributed by atoms with E-state index in [2.05, 4.69) is 21.5 Å². The molecule has 0 aliphatic rings. The van der Waals surface area contributed by atoms with Crippen molar-refractivity contribution in [2.24, 2.45) is 0 Å². The highest BCUT2D eigenvalue weighted by molar-refractivity contribution is 7.15. The van der Waals surface area contributed by atoms with E-state index in [0.29, 0.717) is 22.7 Å². The molecule has 0 unspecified atom stereocenters. The number of aromatic nitrogens is 3. The van der Waals surface area contributed by atoms with Crippen molar-refractivity contribution < 1.29 is 4.79 Å². The third-order valence-corrected chi connectivity index (χ3v) is 4.68. The second-order valence-corrected chi connectivity index (χ2v) is 8.03. The molecule has 26 heavy (non-hydrogen) atoms. The Morgan fingerprint density at radius 3 is 2.62 bits per heavy atom. The molecule has 0 spiro atoms. The smallest absolute Gasteiger partial charge is 0.260 e. The van der Waals surface area contributed by atoms with E-state index in [1.165, 1.54) is 11.3 Å². The minimum atomic E-state index is -0.222. The normalized spacial score (nSPS) is 11.2. The predicted molar refractivity (Wildman–Crippen MR) is 101 cm³/mol. The van der Waals surface area contributed by atoms with Gasteiger partial charge in [0.25, 0.3) is 5.91 Å². The van der Waals surface area contributed by atoms with Crippen LogP contribution in [0.5, 0.6) is 0 Å². The van der Waals surface area contributed by atoms with E-state index in [-0.39, 0.29) is 11.4 Å². The Morgan fingerprint density at radius 1 is 1.27 bits per heavy atom. The Bertz CT molecular complexity index is 957. The van der Waals surface area contributed by atoms with Crippen molar-refractivity contribution in [1.82, 2.24) is 14.8 Å². The zero-order chi connectivity index (χ0) is 18.7. The van der Waals surface area contributed by atoms with Gasteiger partial charge in [0.2, 0.25) is 0 Å². The average molecular weight is 365 g/mol. The van der Waals surface area contributed by atoms with Crippen molar-refractivity contribution in [2.75, 3.05) is 5.32 Å². The van der Waals surface area contributed by atoms with E-state index < -0.39 is 0 Å². The standard InChI is InChI=1S/C19H19N5OS/c1-19(2,3)24-12-15(10-22-24)17(25)23-18-21-11-16(26-18)8-13-4-6-14(9-20)7-5-13/h4-7,10-12H,8H2,1-3H3,(H,21,23,25). The minimum Gasteiger partial charge on any atom is -0.298 e. The highest BCUT2D eigenvalue weighted by Crippen LogP contribution is 2.22. The number of nitrogens with one attached hydrogen (secondary N) is 1. The molecule has 2 heterocycles. The first kappa shape index (κ1) is 17.8. The summed E-state index contributed by atoms with van der Waals surface area (Å²) >= 11 is 1.44. The van der Waals surface area contributed by atoms with Crippen molar-refractivity contribution in [3.05, 3.63) is 64.4 Å². The number of benzene rings is 1. The molecule has 2 aromatic heterocycles. The van der Waals surface area contributed by atoms with Gasteiger partial charge in [-0.15, -0.1) is 11.3 Å². The fourth-order valence-corrected chi connectivity index (χ4v) is 3.16. The molecule has 6 nitrogen and oxygen atoms in total. The van der Waals surface area contributed by atoms with Crippen LogP contribution in [0.4, 0.5) is 5.13 Å². The van der Waals surface area contributed by atoms with Gasteiger partial charge in [0.05, 0.1) is 28.9 Å². The van der Waals surface area contributed by atoms with Crippen LogP contribution in [-0.2, 0) is 12.0 Å². The summed E-state index contributed by atoms with van der Waals surface area (Å²) in [7, 11) is 0. The van der Waals surface area contributed by atoms with Crippen LogP contribution >= 0.6 is 11.3 Å². The lowest BCUT2D eigenvalue weighted by molar-refractivity contribution is 0.102. The minimum absolute atomic E-state index is 0.173. The van der Waals surface area contributed by atoms with E-state index in [4.69, 9.17) is 5.26 Å². The maximum atomic E-state index is 12.4. The molecule has 0 saturated heterocycles. The lowest BCUT2D eigenvalue weighted by Gasteiger charge is -2.18. The summed E-state index contributed by atoms with van der Waals surface area (Å²) in [5.41, 5.74) is 2.07. The van der Waals surface area contributed by atoms with Crippen LogP contribution in [0.3, 0.4) is 0 Å². The van der Waals surface area contributed by atoms with E-state index in [1.54, 1.807) is 35.4 Å². The Balaban J connectivity index is 1.65. The van der Waals surface area contributed by atoms with Gasteiger partial charge in [0.15, 0.2) is 5.13 Å². The topological polar surface area (TPSA) is 83.6 Å². The number of carbonyl (C=O) groups excluding carboxylic acids is 1. The summed E-state index contributed by atoms with van der Waals surface area (Å²) in [4.78, 5) is 17.7. The van der Waals surface area contributed by atoms with Crippen molar-refractivity contribution in [2.45, 2.75) is 32.7 Å². The molecule has 0 bridgehead atoms. The quantitative estimate of drug-likeness (QED) is 0.762. The van der Waals surface area contributed by atoms with Crippen LogP contribution in [0, 0.1) is 11.3 Å². The van der Waals surface area contributed by atoms with Gasteiger partial charge in [-0.05, 0) is 38.5 Å². The third-order valence-electron chi connectivity index (χ3n) is 3.77. The van der Waals surface area contributed by atoms with Crippen molar-refractivity contribution in [3.8, 4) is 6.07 Å². The molecular formula is C19H19N5OS. The molecule has 132 valence electrons. The molecule has 0 saturated carbocycles. The van der Waals surface area contributed by atoms with Gasteiger partial charge < -0.3 is 0 Å². The molecule has 0 aliphatic heterocycles. The molecule has 0 aliphatic carbocycles. The van der Waals surface area contributed by atoms with Gasteiger partial charge in [0.1, 0.15) is 0 Å². The zero-order valence-electron chi connectivity index (χ0n) is 14.9. The molecule has 1 aromatic carbocycles. The summed E-state index contributed by atoms with van der Waals surface area (Å²) in [5, 5.41) is 16.5. The second-order valence-electron chi connectivity index (χ2n) is 6.92. The van der Waals surface area contributed by atoms with E-state index in [0.717, 1.165) is 10.4 Å². The Kier molecular flexibility index (Phi) is 4.87. The van der Waals surface area contributed by atoms with Gasteiger partial charge in [-0.2, -0.15) is 10.4 Å². The molecule has 1 N–H and O–H groups in total. The second kappa shape index (κ2) is 7.10. The monoisotopic (exact) mass is 365 g/mol. The summed E-state index contributed by atoms with van der Waals surface area (Å²) in [5.74, 6) is -0.222. The molecule has 3 rings (SSSR count). The van der Waals surface area contributed by atoms with Crippen LogP contribution in [0.15, 0.2) is 42.9 Å².